The van der Waals surface area contributed by atoms with Crippen LogP contribution in [0.1, 0.15) is 23.1 Å². The van der Waals surface area contributed by atoms with Crippen molar-refractivity contribution in [3.63, 3.8) is 0 Å². The fourth-order valence-electron chi connectivity index (χ4n) is 2.51. The minimum Gasteiger partial charge on any atom is -0.341 e. The Morgan fingerprint density at radius 2 is 1.77 bits per heavy atom. The Morgan fingerprint density at radius 1 is 1.12 bits per heavy atom. The average molecular weight is 378 g/mol. The summed E-state index contributed by atoms with van der Waals surface area (Å²) < 4.78 is 40.2. The van der Waals surface area contributed by atoms with Crippen molar-refractivity contribution in [2.45, 2.75) is 31.7 Å². The zero-order valence-corrected chi connectivity index (χ0v) is 15.9. The Balaban J connectivity index is 1.90. The van der Waals surface area contributed by atoms with Gasteiger partial charge in [-0.1, -0.05) is 24.3 Å². The van der Waals surface area contributed by atoms with Gasteiger partial charge in [0.2, 0.25) is 15.9 Å². The number of aryl methyl sites for hydroxylation is 2. The van der Waals surface area contributed by atoms with Crippen LogP contribution in [0.2, 0.25) is 0 Å². The first-order valence-corrected chi connectivity index (χ1v) is 9.72. The molecule has 2 aromatic carbocycles. The molecule has 0 aromatic heterocycles. The topological polar surface area (TPSA) is 66.5 Å². The van der Waals surface area contributed by atoms with E-state index in [0.717, 1.165) is 11.1 Å². The van der Waals surface area contributed by atoms with Crippen molar-refractivity contribution in [3.05, 3.63) is 65.0 Å². The molecule has 0 saturated carbocycles. The van der Waals surface area contributed by atoms with Gasteiger partial charge in [0.15, 0.2) is 0 Å². The first-order valence-electron chi connectivity index (χ1n) is 8.24. The second-order valence-electron chi connectivity index (χ2n) is 6.29. The Hall–Kier alpha value is -2.25. The Bertz CT molecular complexity index is 880. The fourth-order valence-corrected chi connectivity index (χ4v) is 3.87. The molecule has 2 rings (SSSR count). The van der Waals surface area contributed by atoms with Gasteiger partial charge in [0.05, 0.1) is 4.90 Å². The van der Waals surface area contributed by atoms with Gasteiger partial charge < -0.3 is 4.90 Å². The summed E-state index contributed by atoms with van der Waals surface area (Å²) in [6.45, 7) is 3.91. The Kier molecular flexibility index (Phi) is 6.50. The average Bonchev–Trinajstić information content (AvgIpc) is 2.58. The molecule has 7 heteroatoms. The van der Waals surface area contributed by atoms with Gasteiger partial charge in [-0.3, -0.25) is 4.79 Å². The minimum atomic E-state index is -3.66. The van der Waals surface area contributed by atoms with Gasteiger partial charge in [0.25, 0.3) is 0 Å². The minimum absolute atomic E-state index is 0.0162. The summed E-state index contributed by atoms with van der Waals surface area (Å²) in [5, 5.41) is 0. The van der Waals surface area contributed by atoms with Gasteiger partial charge in [-0.05, 0) is 48.7 Å². The third-order valence-electron chi connectivity index (χ3n) is 4.02. The van der Waals surface area contributed by atoms with E-state index in [1.807, 2.05) is 13.0 Å². The number of sulfonamides is 1. The van der Waals surface area contributed by atoms with E-state index in [0.29, 0.717) is 12.1 Å². The SMILES string of the molecule is Cc1ccc(C)c(S(=O)(=O)NCCC(=O)N(C)Cc2ccc(F)cc2)c1. The van der Waals surface area contributed by atoms with Crippen molar-refractivity contribution in [1.82, 2.24) is 9.62 Å². The van der Waals surface area contributed by atoms with Crippen LogP contribution in [0.3, 0.4) is 0 Å². The molecule has 0 atom stereocenters. The highest BCUT2D eigenvalue weighted by atomic mass is 32.2. The summed E-state index contributed by atoms with van der Waals surface area (Å²) in [6, 6.07) is 11.1. The van der Waals surface area contributed by atoms with Crippen molar-refractivity contribution in [2.24, 2.45) is 0 Å². The Labute approximate surface area is 153 Å². The van der Waals surface area contributed by atoms with Crippen molar-refractivity contribution in [2.75, 3.05) is 13.6 Å². The van der Waals surface area contributed by atoms with E-state index in [-0.39, 0.29) is 29.6 Å². The molecular formula is C19H23FN2O3S. The van der Waals surface area contributed by atoms with Crippen molar-refractivity contribution in [3.8, 4) is 0 Å². The number of nitrogens with zero attached hydrogens (tertiary/aromatic N) is 1. The van der Waals surface area contributed by atoms with Crippen LogP contribution in [0.5, 0.6) is 0 Å². The first-order chi connectivity index (χ1) is 12.2. The zero-order chi connectivity index (χ0) is 19.3. The summed E-state index contributed by atoms with van der Waals surface area (Å²) in [5.74, 6) is -0.526. The first kappa shape index (κ1) is 20.1. The number of amides is 1. The molecule has 2 aromatic rings. The molecule has 0 heterocycles. The van der Waals surface area contributed by atoms with Crippen LogP contribution in [-0.4, -0.2) is 32.8 Å². The van der Waals surface area contributed by atoms with Crippen LogP contribution in [0.25, 0.3) is 0 Å². The monoisotopic (exact) mass is 378 g/mol. The molecule has 0 aliphatic rings. The summed E-state index contributed by atoms with van der Waals surface area (Å²) in [4.78, 5) is 13.9. The molecule has 0 spiro atoms. The van der Waals surface area contributed by atoms with E-state index in [9.17, 15) is 17.6 Å². The van der Waals surface area contributed by atoms with Gasteiger partial charge in [-0.2, -0.15) is 0 Å². The van der Waals surface area contributed by atoms with Crippen LogP contribution in [0.4, 0.5) is 4.39 Å². The van der Waals surface area contributed by atoms with E-state index in [1.54, 1.807) is 38.2 Å². The van der Waals surface area contributed by atoms with E-state index < -0.39 is 10.0 Å². The lowest BCUT2D eigenvalue weighted by Crippen LogP contribution is -2.32. The van der Waals surface area contributed by atoms with Gasteiger partial charge >= 0.3 is 0 Å². The molecule has 0 unspecified atom stereocenters. The maximum absolute atomic E-state index is 12.9. The van der Waals surface area contributed by atoms with Gasteiger partial charge in [-0.15, -0.1) is 0 Å². The highest BCUT2D eigenvalue weighted by Crippen LogP contribution is 2.16. The van der Waals surface area contributed by atoms with E-state index in [4.69, 9.17) is 0 Å². The summed E-state index contributed by atoms with van der Waals surface area (Å²) in [5.41, 5.74) is 2.31. The number of rotatable bonds is 7. The number of carbonyl (C=O) groups excluding carboxylic acids is 1. The van der Waals surface area contributed by atoms with Gasteiger partial charge in [0, 0.05) is 26.6 Å². The number of benzene rings is 2. The van der Waals surface area contributed by atoms with Crippen molar-refractivity contribution >= 4 is 15.9 Å². The smallest absolute Gasteiger partial charge is 0.240 e. The third kappa shape index (κ3) is 5.37. The molecule has 0 aliphatic carbocycles. The molecule has 0 bridgehead atoms. The lowest BCUT2D eigenvalue weighted by atomic mass is 10.2. The molecule has 5 nitrogen and oxygen atoms in total. The summed E-state index contributed by atoms with van der Waals surface area (Å²) >= 11 is 0. The zero-order valence-electron chi connectivity index (χ0n) is 15.1. The molecule has 0 aliphatic heterocycles. The molecule has 0 radical (unpaired) electrons. The molecule has 0 fully saturated rings. The lowest BCUT2D eigenvalue weighted by Gasteiger charge is -2.17. The van der Waals surface area contributed by atoms with Crippen LogP contribution in [-0.2, 0) is 21.4 Å². The van der Waals surface area contributed by atoms with Crippen LogP contribution >= 0.6 is 0 Å². The normalized spacial score (nSPS) is 11.4. The second-order valence-corrected chi connectivity index (χ2v) is 8.03. The van der Waals surface area contributed by atoms with Crippen molar-refractivity contribution < 1.29 is 17.6 Å². The predicted molar refractivity (Wildman–Crippen MR) is 98.6 cm³/mol. The molecular weight excluding hydrogens is 355 g/mol. The predicted octanol–water partition coefficient (Wildman–Crippen LogP) is 2.77. The standard InChI is InChI=1S/C19H23FN2O3S/c1-14-4-5-15(2)18(12-14)26(24,25)21-11-10-19(23)22(3)13-16-6-8-17(20)9-7-16/h4-9,12,21H,10-11,13H2,1-3H3. The maximum atomic E-state index is 12.9. The number of halogens is 1. The largest absolute Gasteiger partial charge is 0.341 e. The van der Waals surface area contributed by atoms with Crippen LogP contribution in [0, 0.1) is 19.7 Å². The highest BCUT2D eigenvalue weighted by Gasteiger charge is 2.17. The van der Waals surface area contributed by atoms with E-state index >= 15 is 0 Å². The Morgan fingerprint density at radius 3 is 2.42 bits per heavy atom. The van der Waals surface area contributed by atoms with Crippen molar-refractivity contribution in [1.29, 1.82) is 0 Å². The maximum Gasteiger partial charge on any atom is 0.240 e. The van der Waals surface area contributed by atoms with Gasteiger partial charge in [-0.25, -0.2) is 17.5 Å². The van der Waals surface area contributed by atoms with Crippen LogP contribution < -0.4 is 4.72 Å². The lowest BCUT2D eigenvalue weighted by molar-refractivity contribution is -0.130. The summed E-state index contributed by atoms with van der Waals surface area (Å²) in [6.07, 6.45) is 0.0434. The number of hydrogen-bond acceptors (Lipinski definition) is 3. The fraction of sp³-hybridized carbons (Fsp3) is 0.316. The summed E-state index contributed by atoms with van der Waals surface area (Å²) in [7, 11) is -2.03. The number of carbonyl (C=O) groups is 1. The quantitative estimate of drug-likeness (QED) is 0.806. The van der Waals surface area contributed by atoms with E-state index in [1.165, 1.54) is 17.0 Å². The van der Waals surface area contributed by atoms with Crippen LogP contribution in [0.15, 0.2) is 47.4 Å². The second kappa shape index (κ2) is 8.42. The molecule has 0 saturated heterocycles. The number of hydrogen-bond donors (Lipinski definition) is 1. The third-order valence-corrected chi connectivity index (χ3v) is 5.63. The van der Waals surface area contributed by atoms with Gasteiger partial charge in [0.1, 0.15) is 5.82 Å². The van der Waals surface area contributed by atoms with E-state index in [2.05, 4.69) is 4.72 Å². The highest BCUT2D eigenvalue weighted by molar-refractivity contribution is 7.89. The number of nitrogens with one attached hydrogen (secondary N) is 1. The molecule has 1 amide bonds. The molecule has 26 heavy (non-hydrogen) atoms. The molecule has 1 N–H and O–H groups in total. The molecule has 140 valence electrons.